The molecule has 622 valence electrons. The summed E-state index contributed by atoms with van der Waals surface area (Å²) in [7, 11) is 9.73. The summed E-state index contributed by atoms with van der Waals surface area (Å²) in [6, 6.07) is -11.1. The molecule has 3 N–H and O–H groups in total. The molecular weight excluding hydrogens is 1450 g/mol. The number of alkyl halides is 8. The third kappa shape index (κ3) is 21.1. The first-order chi connectivity index (χ1) is 51.8. The molecule has 12 atom stereocenters. The normalized spacial score (nSPS) is 32.1. The van der Waals surface area contributed by atoms with Gasteiger partial charge in [-0.3, -0.25) is 57.5 Å². The van der Waals surface area contributed by atoms with Crippen molar-refractivity contribution >= 4 is 70.9 Å². The molecule has 8 fully saturated rings. The van der Waals surface area contributed by atoms with Crippen LogP contribution in [0.3, 0.4) is 0 Å². The van der Waals surface area contributed by atoms with E-state index in [1.165, 1.54) is 73.8 Å². The molecule has 110 heavy (non-hydrogen) atoms. The highest BCUT2D eigenvalue weighted by atomic mass is 19.4. The number of hydrogen-bond donors (Lipinski definition) is 3. The zero-order valence-electron chi connectivity index (χ0n) is 66.1. The number of carbonyl (C=O) groups excluding carboxylic acids is 12. The molecule has 2 bridgehead atoms. The molecule has 0 aromatic carbocycles. The second-order valence-corrected chi connectivity index (χ2v) is 33.1. The molecule has 0 aromatic heterocycles. The highest BCUT2D eigenvalue weighted by molar-refractivity contribution is 6.01. The fourth-order valence-corrected chi connectivity index (χ4v) is 18.1. The molecule has 25 nitrogen and oxygen atoms in total. The summed E-state index contributed by atoms with van der Waals surface area (Å²) in [5, 5.41) is 8.46. The van der Waals surface area contributed by atoms with E-state index in [-0.39, 0.29) is 109 Å². The predicted molar refractivity (Wildman–Crippen MR) is 388 cm³/mol. The Labute approximate surface area is 641 Å². The summed E-state index contributed by atoms with van der Waals surface area (Å²) in [6.07, 6.45) is -12.6. The van der Waals surface area contributed by atoms with Crippen molar-refractivity contribution in [1.29, 1.82) is 0 Å². The van der Waals surface area contributed by atoms with E-state index in [1.54, 1.807) is 27.7 Å². The van der Waals surface area contributed by atoms with Crippen molar-refractivity contribution in [2.24, 2.45) is 41.4 Å². The highest BCUT2D eigenvalue weighted by Crippen LogP contribution is 2.46. The average molecular weight is 1570 g/mol. The zero-order chi connectivity index (χ0) is 81.2. The molecule has 0 aromatic rings. The van der Waals surface area contributed by atoms with Gasteiger partial charge in [-0.2, -0.15) is 26.3 Å². The minimum Gasteiger partial charge on any atom is -0.377 e. The van der Waals surface area contributed by atoms with Gasteiger partial charge < -0.3 is 64.8 Å². The summed E-state index contributed by atoms with van der Waals surface area (Å²) in [6.45, 7) is 5.08. The maximum atomic E-state index is 16.1. The lowest BCUT2D eigenvalue weighted by molar-refractivity contribution is -0.219. The first-order valence-electron chi connectivity index (χ1n) is 40.1. The first kappa shape index (κ1) is 88.6. The predicted octanol–water partition coefficient (Wildman–Crippen LogP) is 7.11. The number of halogens is 8. The smallest absolute Gasteiger partial charge is 0.377 e. The Morgan fingerprint density at radius 1 is 0.600 bits per heavy atom. The lowest BCUT2D eigenvalue weighted by Gasteiger charge is -2.47. The number of rotatable bonds is 15. The van der Waals surface area contributed by atoms with Crippen LogP contribution in [-0.4, -0.2) is 288 Å². The second-order valence-electron chi connectivity index (χ2n) is 33.1. The van der Waals surface area contributed by atoms with Gasteiger partial charge in [-0.25, -0.2) is 8.78 Å². The van der Waals surface area contributed by atoms with Crippen LogP contribution in [0, 0.1) is 41.4 Å². The quantitative estimate of drug-likeness (QED) is 0.138. The molecule has 5 saturated carbocycles. The molecule has 3 heterocycles. The van der Waals surface area contributed by atoms with Crippen molar-refractivity contribution in [3.8, 4) is 0 Å². The Balaban J connectivity index is 1.21. The van der Waals surface area contributed by atoms with E-state index in [2.05, 4.69) is 16.0 Å². The summed E-state index contributed by atoms with van der Waals surface area (Å²) in [4.78, 5) is 193. The number of nitrogens with one attached hydrogen (secondary N) is 3. The van der Waals surface area contributed by atoms with Crippen molar-refractivity contribution in [2.75, 3.05) is 88.7 Å². The van der Waals surface area contributed by atoms with Gasteiger partial charge in [0.1, 0.15) is 72.1 Å². The van der Waals surface area contributed by atoms with Gasteiger partial charge in [0.2, 0.25) is 70.9 Å². The second kappa shape index (κ2) is 38.2. The molecule has 3 saturated heterocycles. The Kier molecular flexibility index (Phi) is 30.8. The topological polar surface area (TPSA) is 279 Å². The minimum absolute atomic E-state index is 0.00464. The molecule has 2 unspecified atom stereocenters. The van der Waals surface area contributed by atoms with Crippen LogP contribution in [0.2, 0.25) is 0 Å². The van der Waals surface area contributed by atoms with Crippen LogP contribution in [0.15, 0.2) is 0 Å². The standard InChI is InChI=1S/C77H120F8N12O13/c1-12-45(4)64-72(107)91(8)44-62(100)93(10)56-25-17-18-35-95(71(56)106)58(39-47-26-29-50(30-27-47)76(80,81)82)70(105)90(7)43-60(98)86-54(31-28-48-37-52(78)63(53(79)38-48)77(83,84)85)68(103)97-42-51(110-14-3)40-57(97)67(102)88-75(33-20-34-75)74(109)94(11)65(49-23-15-16-24-49)73(108)96(36-32-46-21-19-22-46)59(69(104)89(5)6)41-61(99)92(9)55(13-2)66(101)87-64/h45-59,63-65H,12-44H2,1-11H3,(H,86,98)(H,87,101)(H,88,102)/t45-,47?,48?,50?,51+,52?,53?,54-,55-,56-,57-,58-,59-,63?,64-,65-/m0/s1. The van der Waals surface area contributed by atoms with Crippen LogP contribution in [0.1, 0.15) is 201 Å². The van der Waals surface area contributed by atoms with Gasteiger partial charge in [0.15, 0.2) is 0 Å². The van der Waals surface area contributed by atoms with Gasteiger partial charge in [-0.05, 0) is 159 Å². The Morgan fingerprint density at radius 3 is 1.78 bits per heavy atom. The van der Waals surface area contributed by atoms with Crippen molar-refractivity contribution < 1.29 is 97.4 Å². The van der Waals surface area contributed by atoms with Crippen LogP contribution in [0.5, 0.6) is 0 Å². The molecule has 3 aliphatic heterocycles. The molecule has 8 aliphatic rings. The minimum atomic E-state index is -5.21. The summed E-state index contributed by atoms with van der Waals surface area (Å²) >= 11 is 0. The maximum absolute atomic E-state index is 16.1. The Morgan fingerprint density at radius 2 is 1.23 bits per heavy atom. The fourth-order valence-electron chi connectivity index (χ4n) is 18.1. The van der Waals surface area contributed by atoms with Gasteiger partial charge in [0.05, 0.1) is 31.5 Å². The number of nitrogens with zero attached hydrogens (tertiary/aromatic N) is 9. The number of fused-ring (bicyclic) bond motifs is 3. The van der Waals surface area contributed by atoms with E-state index in [9.17, 15) is 50.3 Å². The SMILES string of the molecule is CCO[C@@H]1C[C@H]2C(=O)NC3(CCC3)C(=O)N(C)[C@@H](C3CCCC3)C(=O)N(CCC3CCC3)[C@H](C(=O)N(C)C)CC(=O)N(C)[C@@H](CC)C(=O)N[C@@H]([C@@H](C)CC)C(=O)N(C)CC(=O)N(C)[C@H]3CCCCN(C3=O)[C@@H](CC3CCC(C(F)(F)F)CC3)C(=O)N(C)CC(=O)N[C@@H](CCC3CC(F)C(C(F)(F)F)C(F)C3)C(=O)N2C1. The molecule has 1 spiro atoms. The van der Waals surface area contributed by atoms with Crippen molar-refractivity contribution in [3.05, 3.63) is 0 Å². The number of amides is 12. The third-order valence-electron chi connectivity index (χ3n) is 25.5. The summed E-state index contributed by atoms with van der Waals surface area (Å²) < 4.78 is 121. The molecule has 12 amide bonds. The van der Waals surface area contributed by atoms with Crippen LogP contribution < -0.4 is 16.0 Å². The zero-order valence-corrected chi connectivity index (χ0v) is 66.1. The molecule has 5 aliphatic carbocycles. The Bertz CT molecular complexity index is 3250. The number of likely N-dealkylation sites (N-methyl/N-ethyl adjacent to an activating group) is 6. The monoisotopic (exact) mass is 1570 g/mol. The number of hydrogen-bond acceptors (Lipinski definition) is 13. The van der Waals surface area contributed by atoms with Gasteiger partial charge in [0, 0.05) is 82.0 Å². The van der Waals surface area contributed by atoms with Crippen LogP contribution in [-0.2, 0) is 62.3 Å². The average Bonchev–Trinajstić information content (AvgIpc) is 1.21. The number of ether oxygens (including phenoxy) is 1. The van der Waals surface area contributed by atoms with Crippen LogP contribution in [0.4, 0.5) is 35.1 Å². The van der Waals surface area contributed by atoms with E-state index in [0.29, 0.717) is 51.4 Å². The third-order valence-corrected chi connectivity index (χ3v) is 25.5. The molecule has 8 rings (SSSR count). The molecular formula is C77H120F8N12O13. The Hall–Kier alpha value is -6.96. The number of carbonyl (C=O) groups is 12. The summed E-state index contributed by atoms with van der Waals surface area (Å²) in [5.41, 5.74) is -1.69. The first-order valence-corrected chi connectivity index (χ1v) is 40.1. The van der Waals surface area contributed by atoms with Gasteiger partial charge in [0.25, 0.3) is 0 Å². The molecule has 33 heteroatoms. The largest absolute Gasteiger partial charge is 0.397 e. The van der Waals surface area contributed by atoms with Crippen LogP contribution in [0.25, 0.3) is 0 Å². The van der Waals surface area contributed by atoms with E-state index in [0.717, 1.165) is 38.9 Å². The van der Waals surface area contributed by atoms with Crippen molar-refractivity contribution in [3.63, 3.8) is 0 Å². The fraction of sp³-hybridized carbons (Fsp3) is 0.844. The van der Waals surface area contributed by atoms with E-state index < -0.39 is 230 Å². The van der Waals surface area contributed by atoms with Crippen molar-refractivity contribution in [2.45, 2.75) is 286 Å². The highest BCUT2D eigenvalue weighted by Gasteiger charge is 2.57. The van der Waals surface area contributed by atoms with E-state index in [4.69, 9.17) is 4.74 Å². The van der Waals surface area contributed by atoms with Gasteiger partial charge >= 0.3 is 12.4 Å². The van der Waals surface area contributed by atoms with Crippen molar-refractivity contribution in [1.82, 2.24) is 60.0 Å². The van der Waals surface area contributed by atoms with Gasteiger partial charge in [-0.1, -0.05) is 59.3 Å². The lowest BCUT2D eigenvalue weighted by atomic mass is 9.74. The van der Waals surface area contributed by atoms with Crippen LogP contribution >= 0.6 is 0 Å². The van der Waals surface area contributed by atoms with E-state index in [1.807, 2.05) is 0 Å². The summed E-state index contributed by atoms with van der Waals surface area (Å²) in [5.74, 6) is -16.2. The maximum Gasteiger partial charge on any atom is 0.397 e. The van der Waals surface area contributed by atoms with Gasteiger partial charge in [-0.15, -0.1) is 0 Å². The van der Waals surface area contributed by atoms with E-state index >= 15 is 42.3 Å². The molecule has 0 radical (unpaired) electrons. The lowest BCUT2D eigenvalue weighted by Crippen LogP contribution is -2.68.